The highest BCUT2D eigenvalue weighted by atomic mass is 16.5. The topological polar surface area (TPSA) is 26.3 Å². The van der Waals surface area contributed by atoms with Crippen molar-refractivity contribution < 1.29 is 9.53 Å². The van der Waals surface area contributed by atoms with Gasteiger partial charge in [-0.1, -0.05) is 46.3 Å². The van der Waals surface area contributed by atoms with E-state index < -0.39 is 0 Å². The maximum absolute atomic E-state index is 11.8. The molecule has 3 unspecified atom stereocenters. The van der Waals surface area contributed by atoms with Crippen LogP contribution in [0, 0.1) is 23.2 Å². The van der Waals surface area contributed by atoms with E-state index in [0.29, 0.717) is 18.4 Å². The Morgan fingerprint density at radius 1 is 1.40 bits per heavy atom. The van der Waals surface area contributed by atoms with Crippen LogP contribution in [0.25, 0.3) is 0 Å². The zero-order valence-electron chi connectivity index (χ0n) is 13.5. The lowest BCUT2D eigenvalue weighted by Gasteiger charge is -2.25. The van der Waals surface area contributed by atoms with Crippen LogP contribution in [0.4, 0.5) is 0 Å². The largest absolute Gasteiger partial charge is 0.466 e. The van der Waals surface area contributed by atoms with Crippen molar-refractivity contribution in [3.8, 4) is 0 Å². The predicted molar refractivity (Wildman–Crippen MR) is 82.2 cm³/mol. The first kappa shape index (κ1) is 15.3. The molecule has 0 amide bonds. The Kier molecular flexibility index (Phi) is 4.41. The van der Waals surface area contributed by atoms with E-state index in [2.05, 4.69) is 39.8 Å². The zero-order valence-corrected chi connectivity index (χ0v) is 13.5. The van der Waals surface area contributed by atoms with Crippen LogP contribution in [0.5, 0.6) is 0 Å². The summed E-state index contributed by atoms with van der Waals surface area (Å²) in [7, 11) is 0. The first-order valence-electron chi connectivity index (χ1n) is 7.98. The minimum atomic E-state index is 0.00708. The molecule has 0 N–H and O–H groups in total. The molecule has 0 saturated heterocycles. The fourth-order valence-corrected chi connectivity index (χ4v) is 3.42. The van der Waals surface area contributed by atoms with Gasteiger partial charge in [0.1, 0.15) is 0 Å². The van der Waals surface area contributed by atoms with Gasteiger partial charge in [-0.3, -0.25) is 4.79 Å². The van der Waals surface area contributed by atoms with Gasteiger partial charge in [0.05, 0.1) is 12.5 Å². The molecule has 3 atom stereocenters. The van der Waals surface area contributed by atoms with Crippen LogP contribution in [0.1, 0.15) is 53.9 Å². The van der Waals surface area contributed by atoms with Crippen LogP contribution in [0.15, 0.2) is 23.3 Å². The highest BCUT2D eigenvalue weighted by Crippen LogP contribution is 2.58. The third-order valence-corrected chi connectivity index (χ3v) is 4.43. The summed E-state index contributed by atoms with van der Waals surface area (Å²) >= 11 is 0. The van der Waals surface area contributed by atoms with E-state index >= 15 is 0 Å². The number of rotatable bonds is 5. The molecule has 2 aliphatic carbocycles. The van der Waals surface area contributed by atoms with Gasteiger partial charge in [-0.15, -0.1) is 0 Å². The van der Waals surface area contributed by atoms with E-state index in [-0.39, 0.29) is 17.3 Å². The Hall–Kier alpha value is -1.05. The lowest BCUT2D eigenvalue weighted by Crippen LogP contribution is -2.14. The van der Waals surface area contributed by atoms with Gasteiger partial charge in [0.15, 0.2) is 0 Å². The van der Waals surface area contributed by atoms with Crippen molar-refractivity contribution in [1.29, 1.82) is 0 Å². The van der Waals surface area contributed by atoms with E-state index in [1.54, 1.807) is 0 Å². The van der Waals surface area contributed by atoms with Crippen LogP contribution in [0.3, 0.4) is 0 Å². The van der Waals surface area contributed by atoms with Crippen LogP contribution >= 0.6 is 0 Å². The normalized spacial score (nSPS) is 28.9. The summed E-state index contributed by atoms with van der Waals surface area (Å²) in [5.41, 5.74) is 3.15. The SMILES string of the molecule is CCCC=C(C1=CC2C(C1)C2C(=O)OCC)C(C)(C)C. The molecular weight excluding hydrogens is 248 g/mol. The van der Waals surface area contributed by atoms with Crippen LogP contribution < -0.4 is 0 Å². The fourth-order valence-electron chi connectivity index (χ4n) is 3.42. The third-order valence-electron chi connectivity index (χ3n) is 4.43. The summed E-state index contributed by atoms with van der Waals surface area (Å²) in [5, 5.41) is 0. The number of hydrogen-bond acceptors (Lipinski definition) is 2. The molecule has 0 radical (unpaired) electrons. The number of carbonyl (C=O) groups is 1. The smallest absolute Gasteiger partial charge is 0.309 e. The molecule has 2 rings (SSSR count). The van der Waals surface area contributed by atoms with Crippen molar-refractivity contribution in [1.82, 2.24) is 0 Å². The van der Waals surface area contributed by atoms with E-state index in [4.69, 9.17) is 4.74 Å². The molecule has 2 nitrogen and oxygen atoms in total. The van der Waals surface area contributed by atoms with Crippen LogP contribution in [0.2, 0.25) is 0 Å². The number of hydrogen-bond donors (Lipinski definition) is 0. The van der Waals surface area contributed by atoms with Crippen LogP contribution in [-0.2, 0) is 9.53 Å². The number of allylic oxidation sites excluding steroid dienone is 4. The van der Waals surface area contributed by atoms with Gasteiger partial charge < -0.3 is 4.74 Å². The molecule has 0 aromatic carbocycles. The van der Waals surface area contributed by atoms with Gasteiger partial charge in [-0.25, -0.2) is 0 Å². The van der Waals surface area contributed by atoms with Gasteiger partial charge in [0, 0.05) is 0 Å². The number of unbranched alkanes of at least 4 members (excludes halogenated alkanes) is 1. The second-order valence-electron chi connectivity index (χ2n) is 7.07. The first-order valence-corrected chi connectivity index (χ1v) is 7.98. The minimum absolute atomic E-state index is 0.00708. The fraction of sp³-hybridized carbons (Fsp3) is 0.722. The second kappa shape index (κ2) is 5.75. The molecule has 112 valence electrons. The molecule has 0 aliphatic heterocycles. The molecule has 0 aromatic heterocycles. The maximum atomic E-state index is 11.8. The standard InChI is InChI=1S/C18H28O2/c1-6-8-9-15(18(3,4)5)12-10-13-14(11-12)16(13)17(19)20-7-2/h9-10,13-14,16H,6-8,11H2,1-5H3. The third kappa shape index (κ3) is 2.99. The average molecular weight is 276 g/mol. The molecule has 2 aliphatic rings. The molecule has 1 fully saturated rings. The molecule has 0 heterocycles. The Labute approximate surface area is 123 Å². The maximum Gasteiger partial charge on any atom is 0.309 e. The van der Waals surface area contributed by atoms with Gasteiger partial charge in [0.25, 0.3) is 0 Å². The number of ether oxygens (including phenoxy) is 1. The van der Waals surface area contributed by atoms with E-state index in [9.17, 15) is 4.79 Å². The molecule has 2 heteroatoms. The summed E-state index contributed by atoms with van der Waals surface area (Å²) in [5.74, 6) is 1.10. The number of carbonyl (C=O) groups excluding carboxylic acids is 1. The second-order valence-corrected chi connectivity index (χ2v) is 7.07. The lowest BCUT2D eigenvalue weighted by molar-refractivity contribution is -0.145. The Morgan fingerprint density at radius 3 is 2.55 bits per heavy atom. The molecule has 1 saturated carbocycles. The van der Waals surface area contributed by atoms with E-state index in [0.717, 1.165) is 12.8 Å². The predicted octanol–water partition coefficient (Wildman–Crippen LogP) is 4.51. The quantitative estimate of drug-likeness (QED) is 0.690. The van der Waals surface area contributed by atoms with Crippen molar-refractivity contribution in [3.05, 3.63) is 23.3 Å². The monoisotopic (exact) mass is 276 g/mol. The Bertz CT molecular complexity index is 437. The summed E-state index contributed by atoms with van der Waals surface area (Å²) in [6, 6.07) is 0. The summed E-state index contributed by atoms with van der Waals surface area (Å²) in [6.45, 7) is 11.4. The highest BCUT2D eigenvalue weighted by molar-refractivity contribution is 5.78. The molecule has 0 spiro atoms. The summed E-state index contributed by atoms with van der Waals surface area (Å²) in [4.78, 5) is 11.8. The summed E-state index contributed by atoms with van der Waals surface area (Å²) in [6.07, 6.45) is 8.13. The van der Waals surface area contributed by atoms with Crippen molar-refractivity contribution in [2.45, 2.75) is 53.9 Å². The van der Waals surface area contributed by atoms with E-state index in [1.807, 2.05) is 6.92 Å². The van der Waals surface area contributed by atoms with Crippen molar-refractivity contribution in [2.75, 3.05) is 6.61 Å². The highest BCUT2D eigenvalue weighted by Gasteiger charge is 2.57. The van der Waals surface area contributed by atoms with Crippen molar-refractivity contribution >= 4 is 5.97 Å². The Balaban J connectivity index is 2.07. The molecule has 20 heavy (non-hydrogen) atoms. The van der Waals surface area contributed by atoms with Gasteiger partial charge in [-0.05, 0) is 48.2 Å². The molecular formula is C18H28O2. The van der Waals surface area contributed by atoms with E-state index in [1.165, 1.54) is 17.6 Å². The van der Waals surface area contributed by atoms with Gasteiger partial charge in [-0.2, -0.15) is 0 Å². The average Bonchev–Trinajstić information content (AvgIpc) is 2.85. The van der Waals surface area contributed by atoms with Gasteiger partial charge >= 0.3 is 5.97 Å². The van der Waals surface area contributed by atoms with Gasteiger partial charge in [0.2, 0.25) is 0 Å². The molecule has 0 bridgehead atoms. The number of esters is 1. The Morgan fingerprint density at radius 2 is 2.10 bits per heavy atom. The van der Waals surface area contributed by atoms with Crippen molar-refractivity contribution in [3.63, 3.8) is 0 Å². The zero-order chi connectivity index (χ0) is 14.9. The molecule has 0 aromatic rings. The first-order chi connectivity index (χ1) is 9.40. The van der Waals surface area contributed by atoms with Crippen LogP contribution in [-0.4, -0.2) is 12.6 Å². The number of fused-ring (bicyclic) bond motifs is 1. The minimum Gasteiger partial charge on any atom is -0.466 e. The van der Waals surface area contributed by atoms with Crippen molar-refractivity contribution in [2.24, 2.45) is 23.2 Å². The summed E-state index contributed by atoms with van der Waals surface area (Å²) < 4.78 is 5.15. The lowest BCUT2D eigenvalue weighted by atomic mass is 9.80.